The van der Waals surface area contributed by atoms with Crippen molar-refractivity contribution in [1.82, 2.24) is 4.57 Å². The van der Waals surface area contributed by atoms with Gasteiger partial charge in [0.1, 0.15) is 6.04 Å². The third-order valence-corrected chi connectivity index (χ3v) is 3.79. The van der Waals surface area contributed by atoms with Gasteiger partial charge in [0, 0.05) is 5.69 Å². The van der Waals surface area contributed by atoms with E-state index in [1.165, 1.54) is 4.57 Å². The summed E-state index contributed by atoms with van der Waals surface area (Å²) in [6, 6.07) is 15.3. The third-order valence-electron chi connectivity index (χ3n) is 3.79. The fourth-order valence-corrected chi connectivity index (χ4v) is 2.51. The highest BCUT2D eigenvalue weighted by Crippen LogP contribution is 2.18. The van der Waals surface area contributed by atoms with E-state index in [1.54, 1.807) is 55.5 Å². The van der Waals surface area contributed by atoms with Crippen molar-refractivity contribution in [3.05, 3.63) is 64.6 Å². The van der Waals surface area contributed by atoms with Gasteiger partial charge in [-0.1, -0.05) is 24.3 Å². The van der Waals surface area contributed by atoms with Crippen LogP contribution in [0, 0.1) is 11.3 Å². The summed E-state index contributed by atoms with van der Waals surface area (Å²) >= 11 is 0. The smallest absolute Gasteiger partial charge is 0.408 e. The first-order valence-corrected chi connectivity index (χ1v) is 7.47. The van der Waals surface area contributed by atoms with Crippen LogP contribution in [0.25, 0.3) is 11.1 Å². The second-order valence-corrected chi connectivity index (χ2v) is 5.40. The van der Waals surface area contributed by atoms with Gasteiger partial charge in [-0.05, 0) is 36.8 Å². The predicted molar refractivity (Wildman–Crippen MR) is 89.6 cm³/mol. The molecule has 0 saturated carbocycles. The topological polar surface area (TPSA) is 88.0 Å². The molecule has 120 valence electrons. The Morgan fingerprint density at radius 1 is 1.25 bits per heavy atom. The number of carbonyl (C=O) groups is 1. The number of nitrogens with one attached hydrogen (secondary N) is 1. The first-order chi connectivity index (χ1) is 11.6. The van der Waals surface area contributed by atoms with Crippen LogP contribution >= 0.6 is 0 Å². The zero-order valence-corrected chi connectivity index (χ0v) is 13.0. The minimum atomic E-state index is -0.722. The average Bonchev–Trinajstić information content (AvgIpc) is 2.92. The number of nitriles is 1. The lowest BCUT2D eigenvalue weighted by atomic mass is 10.1. The number of rotatable bonds is 4. The number of aromatic nitrogens is 1. The second-order valence-electron chi connectivity index (χ2n) is 5.40. The molecule has 0 aliphatic carbocycles. The number of amides is 1. The molecule has 0 spiro atoms. The van der Waals surface area contributed by atoms with Crippen molar-refractivity contribution in [2.75, 3.05) is 5.32 Å². The van der Waals surface area contributed by atoms with E-state index < -0.39 is 11.8 Å². The summed E-state index contributed by atoms with van der Waals surface area (Å²) in [6.07, 6.45) is 0.320. The highest BCUT2D eigenvalue weighted by molar-refractivity contribution is 5.94. The number of para-hydroxylation sites is 2. The molecule has 24 heavy (non-hydrogen) atoms. The Morgan fingerprint density at radius 2 is 1.96 bits per heavy atom. The average molecular weight is 321 g/mol. The van der Waals surface area contributed by atoms with Crippen molar-refractivity contribution >= 4 is 22.7 Å². The number of oxazole rings is 1. The van der Waals surface area contributed by atoms with Crippen molar-refractivity contribution in [1.29, 1.82) is 5.26 Å². The molecule has 1 heterocycles. The number of fused-ring (bicyclic) bond motifs is 1. The van der Waals surface area contributed by atoms with Gasteiger partial charge >= 0.3 is 5.76 Å². The van der Waals surface area contributed by atoms with Crippen LogP contribution in [0.2, 0.25) is 0 Å². The van der Waals surface area contributed by atoms with Crippen molar-refractivity contribution < 1.29 is 9.21 Å². The van der Waals surface area contributed by atoms with Crippen LogP contribution < -0.4 is 11.1 Å². The minimum absolute atomic E-state index is 0.320. The molecule has 6 heteroatoms. The Morgan fingerprint density at radius 3 is 2.67 bits per heavy atom. The monoisotopic (exact) mass is 321 g/mol. The summed E-state index contributed by atoms with van der Waals surface area (Å²) in [6.45, 7) is 1.64. The summed E-state index contributed by atoms with van der Waals surface area (Å²) in [5, 5.41) is 11.4. The highest BCUT2D eigenvalue weighted by atomic mass is 16.4. The van der Waals surface area contributed by atoms with E-state index in [2.05, 4.69) is 11.4 Å². The largest absolute Gasteiger partial charge is 0.420 e. The van der Waals surface area contributed by atoms with Gasteiger partial charge in [0.25, 0.3) is 0 Å². The maximum absolute atomic E-state index is 12.5. The van der Waals surface area contributed by atoms with Gasteiger partial charge < -0.3 is 9.73 Å². The van der Waals surface area contributed by atoms with Crippen molar-refractivity contribution in [2.45, 2.75) is 19.4 Å². The normalized spacial score (nSPS) is 11.8. The molecular weight excluding hydrogens is 306 g/mol. The Hall–Kier alpha value is -3.33. The summed E-state index contributed by atoms with van der Waals surface area (Å²) < 4.78 is 6.49. The molecule has 3 rings (SSSR count). The maximum Gasteiger partial charge on any atom is 0.420 e. The van der Waals surface area contributed by atoms with Crippen LogP contribution in [0.15, 0.2) is 57.7 Å². The lowest BCUT2D eigenvalue weighted by Gasteiger charge is -2.13. The van der Waals surface area contributed by atoms with E-state index in [-0.39, 0.29) is 5.91 Å². The Kier molecular flexibility index (Phi) is 4.17. The molecule has 0 radical (unpaired) electrons. The summed E-state index contributed by atoms with van der Waals surface area (Å²) in [5.41, 5.74) is 2.51. The lowest BCUT2D eigenvalue weighted by molar-refractivity contribution is -0.118. The van der Waals surface area contributed by atoms with Gasteiger partial charge in [0.2, 0.25) is 5.91 Å². The molecule has 2 aromatic carbocycles. The number of hydrogen-bond donors (Lipinski definition) is 1. The summed E-state index contributed by atoms with van der Waals surface area (Å²) in [4.78, 5) is 24.5. The first-order valence-electron chi connectivity index (χ1n) is 7.47. The van der Waals surface area contributed by atoms with E-state index >= 15 is 0 Å². The lowest BCUT2D eigenvalue weighted by Crippen LogP contribution is -2.29. The molecule has 6 nitrogen and oxygen atoms in total. The SMILES string of the molecule is CC(C(=O)Nc1ccc(CC#N)cc1)n1c(=O)oc2ccccc21. The second kappa shape index (κ2) is 6.42. The molecule has 1 amide bonds. The van der Waals surface area contributed by atoms with Crippen molar-refractivity contribution in [3.8, 4) is 6.07 Å². The maximum atomic E-state index is 12.5. The van der Waals surface area contributed by atoms with Gasteiger partial charge in [0.05, 0.1) is 18.0 Å². The highest BCUT2D eigenvalue weighted by Gasteiger charge is 2.21. The number of benzene rings is 2. The predicted octanol–water partition coefficient (Wildman–Crippen LogP) is 2.86. The molecule has 1 N–H and O–H groups in total. The van der Waals surface area contributed by atoms with Gasteiger partial charge in [0.15, 0.2) is 5.58 Å². The molecule has 1 aromatic heterocycles. The minimum Gasteiger partial charge on any atom is -0.408 e. The first kappa shape index (κ1) is 15.6. The van der Waals surface area contributed by atoms with Gasteiger partial charge in [-0.2, -0.15) is 5.26 Å². The number of nitrogens with zero attached hydrogens (tertiary/aromatic N) is 2. The summed E-state index contributed by atoms with van der Waals surface area (Å²) in [7, 11) is 0. The molecule has 0 fully saturated rings. The molecule has 3 aromatic rings. The van der Waals surface area contributed by atoms with Gasteiger partial charge in [-0.15, -0.1) is 0 Å². The van der Waals surface area contributed by atoms with E-state index in [1.807, 2.05) is 0 Å². The molecule has 1 unspecified atom stereocenters. The van der Waals surface area contributed by atoms with Crippen LogP contribution in [0.3, 0.4) is 0 Å². The van der Waals surface area contributed by atoms with Crippen LogP contribution in [0.4, 0.5) is 5.69 Å². The van der Waals surface area contributed by atoms with Gasteiger partial charge in [-0.3, -0.25) is 9.36 Å². The molecule has 0 bridgehead atoms. The fraction of sp³-hybridized carbons (Fsp3) is 0.167. The molecule has 1 atom stereocenters. The van der Waals surface area contributed by atoms with Crippen LogP contribution in [0.5, 0.6) is 0 Å². The molecular formula is C18H15N3O3. The number of anilines is 1. The van der Waals surface area contributed by atoms with E-state index in [9.17, 15) is 9.59 Å². The zero-order valence-electron chi connectivity index (χ0n) is 13.0. The molecule has 0 aliphatic heterocycles. The quantitative estimate of drug-likeness (QED) is 0.800. The zero-order chi connectivity index (χ0) is 17.1. The van der Waals surface area contributed by atoms with Crippen LogP contribution in [-0.4, -0.2) is 10.5 Å². The Balaban J connectivity index is 1.83. The number of carbonyl (C=O) groups excluding carboxylic acids is 1. The van der Waals surface area contributed by atoms with Crippen molar-refractivity contribution in [2.24, 2.45) is 0 Å². The van der Waals surface area contributed by atoms with Crippen molar-refractivity contribution in [3.63, 3.8) is 0 Å². The third kappa shape index (κ3) is 2.92. The van der Waals surface area contributed by atoms with E-state index in [0.717, 1.165) is 5.56 Å². The van der Waals surface area contributed by atoms with Crippen LogP contribution in [0.1, 0.15) is 18.5 Å². The summed E-state index contributed by atoms with van der Waals surface area (Å²) in [5.74, 6) is -0.889. The fourth-order valence-electron chi connectivity index (χ4n) is 2.51. The van der Waals surface area contributed by atoms with E-state index in [4.69, 9.17) is 9.68 Å². The Bertz CT molecular complexity index is 977. The molecule has 0 saturated heterocycles. The number of hydrogen-bond acceptors (Lipinski definition) is 4. The van der Waals surface area contributed by atoms with Crippen LogP contribution in [-0.2, 0) is 11.2 Å². The van der Waals surface area contributed by atoms with E-state index in [0.29, 0.717) is 23.2 Å². The van der Waals surface area contributed by atoms with Gasteiger partial charge in [-0.25, -0.2) is 4.79 Å². The Labute approximate surface area is 137 Å². The molecule has 0 aliphatic rings. The standard InChI is InChI=1S/C18H15N3O3/c1-12(21-15-4-2-3-5-16(15)24-18(21)23)17(22)20-14-8-6-13(7-9-14)10-11-19/h2-9,12H,10H2,1H3,(H,20,22).